The van der Waals surface area contributed by atoms with Crippen LogP contribution in [0.3, 0.4) is 0 Å². The highest BCUT2D eigenvalue weighted by atomic mass is 16.2. The van der Waals surface area contributed by atoms with Gasteiger partial charge in [0, 0.05) is 42.1 Å². The van der Waals surface area contributed by atoms with Gasteiger partial charge in [-0.1, -0.05) is 55.5 Å². The molecule has 0 saturated heterocycles. The molecule has 0 bridgehead atoms. The summed E-state index contributed by atoms with van der Waals surface area (Å²) in [7, 11) is 4.00. The Morgan fingerprint density at radius 3 is 2.24 bits per heavy atom. The molecule has 0 unspecified atom stereocenters. The van der Waals surface area contributed by atoms with Crippen molar-refractivity contribution in [2.24, 2.45) is 0 Å². The lowest BCUT2D eigenvalue weighted by Gasteiger charge is -2.24. The molecule has 0 aliphatic carbocycles. The van der Waals surface area contributed by atoms with Gasteiger partial charge in [0.2, 0.25) is 5.91 Å². The van der Waals surface area contributed by atoms with Crippen LogP contribution in [0.15, 0.2) is 78.9 Å². The van der Waals surface area contributed by atoms with Crippen LogP contribution in [-0.4, -0.2) is 43.9 Å². The maximum Gasteiger partial charge on any atom is 0.258 e. The van der Waals surface area contributed by atoms with E-state index in [-0.39, 0.29) is 11.8 Å². The Morgan fingerprint density at radius 1 is 0.882 bits per heavy atom. The van der Waals surface area contributed by atoms with E-state index in [4.69, 9.17) is 0 Å². The number of benzene rings is 3. The first kappa shape index (κ1) is 23.3. The number of likely N-dealkylation sites (N-methyl/N-ethyl adjacent to an activating group) is 1. The number of fused-ring (bicyclic) bond motifs is 1. The highest BCUT2D eigenvalue weighted by Gasteiger charge is 2.28. The lowest BCUT2D eigenvalue weighted by molar-refractivity contribution is -0.118. The zero-order chi connectivity index (χ0) is 24.1. The number of amides is 2. The molecule has 0 spiro atoms. The molecule has 2 amide bonds. The van der Waals surface area contributed by atoms with E-state index < -0.39 is 0 Å². The summed E-state index contributed by atoms with van der Waals surface area (Å²) in [6, 6.07) is 25.3. The van der Waals surface area contributed by atoms with Gasteiger partial charge in [-0.15, -0.1) is 0 Å². The van der Waals surface area contributed by atoms with Gasteiger partial charge in [0.1, 0.15) is 0 Å². The van der Waals surface area contributed by atoms with Crippen LogP contribution in [0.2, 0.25) is 0 Å². The highest BCUT2D eigenvalue weighted by molar-refractivity contribution is 6.37. The molecule has 0 fully saturated rings. The van der Waals surface area contributed by atoms with Gasteiger partial charge in [0.25, 0.3) is 5.91 Å². The average Bonchev–Trinajstić information content (AvgIpc) is 3.19. The fourth-order valence-electron chi connectivity index (χ4n) is 4.01. The van der Waals surface area contributed by atoms with Crippen LogP contribution in [0.1, 0.15) is 24.5 Å². The van der Waals surface area contributed by atoms with Crippen LogP contribution >= 0.6 is 0 Å². The lowest BCUT2D eigenvalue weighted by atomic mass is 10.00. The number of nitrogens with zero attached hydrogens (tertiary/aromatic N) is 2. The van der Waals surface area contributed by atoms with E-state index in [1.165, 1.54) is 0 Å². The summed E-state index contributed by atoms with van der Waals surface area (Å²) in [5.74, 6) is -0.0403. The third kappa shape index (κ3) is 5.02. The van der Waals surface area contributed by atoms with Crippen molar-refractivity contribution in [3.63, 3.8) is 0 Å². The Hall–Kier alpha value is -3.90. The molecule has 6 nitrogen and oxygen atoms in total. The van der Waals surface area contributed by atoms with Gasteiger partial charge < -0.3 is 20.4 Å². The molecule has 0 atom stereocenters. The van der Waals surface area contributed by atoms with Crippen LogP contribution in [0.25, 0.3) is 11.3 Å². The minimum Gasteiger partial charge on any atom is -0.354 e. The topological polar surface area (TPSA) is 64.7 Å². The normalized spacial score (nSPS) is 13.9. The van der Waals surface area contributed by atoms with E-state index in [9.17, 15) is 9.59 Å². The number of carbonyl (C=O) groups excluding carboxylic acids is 2. The van der Waals surface area contributed by atoms with Crippen molar-refractivity contribution < 1.29 is 9.59 Å². The summed E-state index contributed by atoms with van der Waals surface area (Å²) in [6.45, 7) is 3.29. The van der Waals surface area contributed by atoms with Gasteiger partial charge in [-0.25, -0.2) is 0 Å². The maximum absolute atomic E-state index is 13.0. The molecule has 3 aromatic rings. The Bertz CT molecular complexity index is 1200. The Kier molecular flexibility index (Phi) is 7.09. The molecule has 0 aromatic heterocycles. The van der Waals surface area contributed by atoms with Crippen molar-refractivity contribution in [1.82, 2.24) is 4.90 Å². The standard InChI is InChI=1S/C28H30N4O2/c1-4-25(33)32(19-18-31(2)3)22-16-14-21(15-17-22)29-27(20-10-6-5-7-11-20)26-23-12-8-9-13-24(23)30-28(26)34/h5-17,29H,4,18-19H2,1-3H3,(H,30,34)/b27-26-. The summed E-state index contributed by atoms with van der Waals surface area (Å²) in [4.78, 5) is 29.4. The van der Waals surface area contributed by atoms with Gasteiger partial charge in [-0.3, -0.25) is 9.59 Å². The third-order valence-corrected chi connectivity index (χ3v) is 5.81. The number of carbonyl (C=O) groups is 2. The van der Waals surface area contributed by atoms with Gasteiger partial charge >= 0.3 is 0 Å². The molecule has 174 valence electrons. The monoisotopic (exact) mass is 454 g/mol. The minimum atomic E-state index is -0.132. The van der Waals surface area contributed by atoms with E-state index in [1.54, 1.807) is 0 Å². The third-order valence-electron chi connectivity index (χ3n) is 5.81. The number of hydrogen-bond acceptors (Lipinski definition) is 4. The fourth-order valence-corrected chi connectivity index (χ4v) is 4.01. The Labute approximate surface area is 200 Å². The molecular formula is C28H30N4O2. The molecule has 1 heterocycles. The van der Waals surface area contributed by atoms with Gasteiger partial charge in [0.05, 0.1) is 11.3 Å². The molecule has 1 aliphatic heterocycles. The maximum atomic E-state index is 13.0. The SMILES string of the molecule is CCC(=O)N(CCN(C)C)c1ccc(N/C(=C2\C(=O)Nc3ccccc32)c2ccccc2)cc1. The zero-order valence-electron chi connectivity index (χ0n) is 19.8. The molecule has 6 heteroatoms. The van der Waals surface area contributed by atoms with Crippen LogP contribution in [0.4, 0.5) is 17.1 Å². The van der Waals surface area contributed by atoms with Crippen molar-refractivity contribution in [1.29, 1.82) is 0 Å². The minimum absolute atomic E-state index is 0.0916. The molecular weight excluding hydrogens is 424 g/mol. The van der Waals surface area contributed by atoms with Crippen LogP contribution in [-0.2, 0) is 9.59 Å². The van der Waals surface area contributed by atoms with Gasteiger partial charge in [-0.2, -0.15) is 0 Å². The van der Waals surface area contributed by atoms with E-state index in [0.717, 1.165) is 40.4 Å². The summed E-state index contributed by atoms with van der Waals surface area (Å²) >= 11 is 0. The first-order chi connectivity index (χ1) is 16.5. The van der Waals surface area contributed by atoms with Gasteiger partial charge in [0.15, 0.2) is 0 Å². The predicted octanol–water partition coefficient (Wildman–Crippen LogP) is 4.92. The number of para-hydroxylation sites is 1. The van der Waals surface area contributed by atoms with Crippen molar-refractivity contribution in [2.75, 3.05) is 42.7 Å². The second-order valence-electron chi connectivity index (χ2n) is 8.49. The molecule has 1 aliphatic rings. The highest BCUT2D eigenvalue weighted by Crippen LogP contribution is 2.37. The first-order valence-electron chi connectivity index (χ1n) is 11.5. The van der Waals surface area contributed by atoms with Crippen molar-refractivity contribution in [3.05, 3.63) is 90.0 Å². The first-order valence-corrected chi connectivity index (χ1v) is 11.5. The average molecular weight is 455 g/mol. The van der Waals surface area contributed by atoms with E-state index in [2.05, 4.69) is 15.5 Å². The fraction of sp³-hybridized carbons (Fsp3) is 0.214. The molecule has 34 heavy (non-hydrogen) atoms. The van der Waals surface area contributed by atoms with Crippen molar-refractivity contribution in [3.8, 4) is 0 Å². The van der Waals surface area contributed by atoms with Crippen molar-refractivity contribution >= 4 is 40.1 Å². The van der Waals surface area contributed by atoms with E-state index >= 15 is 0 Å². The van der Waals surface area contributed by atoms with Crippen LogP contribution in [0, 0.1) is 0 Å². The summed E-state index contributed by atoms with van der Waals surface area (Å²) in [5.41, 5.74) is 5.65. The smallest absolute Gasteiger partial charge is 0.258 e. The molecule has 2 N–H and O–H groups in total. The predicted molar refractivity (Wildman–Crippen MR) is 140 cm³/mol. The summed E-state index contributed by atoms with van der Waals surface area (Å²) in [5, 5.41) is 6.44. The number of rotatable bonds is 8. The zero-order valence-corrected chi connectivity index (χ0v) is 19.8. The largest absolute Gasteiger partial charge is 0.354 e. The van der Waals surface area contributed by atoms with E-state index in [1.807, 2.05) is 105 Å². The van der Waals surface area contributed by atoms with Gasteiger partial charge in [-0.05, 0) is 50.0 Å². The lowest BCUT2D eigenvalue weighted by Crippen LogP contribution is -2.36. The second-order valence-corrected chi connectivity index (χ2v) is 8.49. The van der Waals surface area contributed by atoms with Crippen LogP contribution in [0.5, 0.6) is 0 Å². The summed E-state index contributed by atoms with van der Waals surface area (Å²) < 4.78 is 0. The molecule has 4 rings (SSSR count). The van der Waals surface area contributed by atoms with Crippen molar-refractivity contribution in [2.45, 2.75) is 13.3 Å². The molecule has 3 aromatic carbocycles. The van der Waals surface area contributed by atoms with E-state index in [0.29, 0.717) is 18.5 Å². The number of hydrogen-bond donors (Lipinski definition) is 2. The van der Waals surface area contributed by atoms with Crippen LogP contribution < -0.4 is 15.5 Å². The second kappa shape index (κ2) is 10.4. The quantitative estimate of drug-likeness (QED) is 0.474. The number of nitrogens with one attached hydrogen (secondary N) is 2. The molecule has 0 radical (unpaired) electrons. The molecule has 0 saturated carbocycles. The Morgan fingerprint density at radius 2 is 1.56 bits per heavy atom. The number of anilines is 3. The Balaban J connectivity index is 1.69. The summed E-state index contributed by atoms with van der Waals surface area (Å²) in [6.07, 6.45) is 0.451.